The van der Waals surface area contributed by atoms with Gasteiger partial charge in [0.25, 0.3) is 0 Å². The Labute approximate surface area is 119 Å². The van der Waals surface area contributed by atoms with Crippen LogP contribution in [0.15, 0.2) is 47.4 Å². The Hall–Kier alpha value is -1.88. The summed E-state index contributed by atoms with van der Waals surface area (Å²) in [6.07, 6.45) is -0.0471. The van der Waals surface area contributed by atoms with Crippen molar-refractivity contribution in [2.45, 2.75) is 17.1 Å². The highest BCUT2D eigenvalue weighted by Gasteiger charge is 2.08. The second kappa shape index (κ2) is 6.52. The first-order valence-corrected chi connectivity index (χ1v) is 6.91. The van der Waals surface area contributed by atoms with Crippen molar-refractivity contribution in [3.63, 3.8) is 0 Å². The first-order valence-electron chi connectivity index (χ1n) is 5.92. The molecule has 0 amide bonds. The molecule has 2 aromatic rings. The van der Waals surface area contributed by atoms with E-state index in [4.69, 9.17) is 5.11 Å². The monoisotopic (exact) mass is 294 g/mol. The van der Waals surface area contributed by atoms with E-state index in [-0.39, 0.29) is 6.42 Å². The van der Waals surface area contributed by atoms with Gasteiger partial charge in [-0.3, -0.25) is 4.79 Å². The second-order valence-electron chi connectivity index (χ2n) is 4.20. The van der Waals surface area contributed by atoms with Gasteiger partial charge in [-0.05, 0) is 29.3 Å². The van der Waals surface area contributed by atoms with Crippen molar-refractivity contribution in [2.75, 3.05) is 0 Å². The Bertz CT molecular complexity index is 629. The van der Waals surface area contributed by atoms with Gasteiger partial charge < -0.3 is 5.11 Å². The highest BCUT2D eigenvalue weighted by atomic mass is 32.2. The van der Waals surface area contributed by atoms with E-state index in [1.807, 2.05) is 12.1 Å². The molecule has 0 unspecified atom stereocenters. The van der Waals surface area contributed by atoms with E-state index in [1.54, 1.807) is 12.1 Å². The van der Waals surface area contributed by atoms with Gasteiger partial charge in [0.05, 0.1) is 6.42 Å². The molecule has 0 atom stereocenters. The number of halogens is 2. The Morgan fingerprint density at radius 3 is 2.40 bits per heavy atom. The summed E-state index contributed by atoms with van der Waals surface area (Å²) in [5.74, 6) is -2.14. The lowest BCUT2D eigenvalue weighted by Gasteiger charge is -2.07. The maximum absolute atomic E-state index is 13.1. The van der Waals surface area contributed by atoms with Crippen molar-refractivity contribution >= 4 is 17.7 Å². The lowest BCUT2D eigenvalue weighted by Crippen LogP contribution is -2.02. The number of carboxylic acid groups (broad SMARTS) is 1. The average molecular weight is 294 g/mol. The van der Waals surface area contributed by atoms with Crippen LogP contribution in [-0.2, 0) is 17.0 Å². The van der Waals surface area contributed by atoms with Gasteiger partial charge in [-0.25, -0.2) is 8.78 Å². The molecule has 0 saturated carbocycles. The van der Waals surface area contributed by atoms with E-state index in [9.17, 15) is 13.6 Å². The van der Waals surface area contributed by atoms with E-state index in [0.29, 0.717) is 10.6 Å². The minimum atomic E-state index is -0.893. The highest BCUT2D eigenvalue weighted by molar-refractivity contribution is 7.98. The topological polar surface area (TPSA) is 37.3 Å². The lowest BCUT2D eigenvalue weighted by atomic mass is 10.1. The summed E-state index contributed by atoms with van der Waals surface area (Å²) in [5.41, 5.74) is 1.61. The molecule has 0 aromatic heterocycles. The van der Waals surface area contributed by atoms with Crippen molar-refractivity contribution in [2.24, 2.45) is 0 Å². The van der Waals surface area contributed by atoms with E-state index in [0.717, 1.165) is 23.3 Å². The minimum Gasteiger partial charge on any atom is -0.481 e. The van der Waals surface area contributed by atoms with Crippen LogP contribution < -0.4 is 0 Å². The Kier molecular flexibility index (Phi) is 4.74. The van der Waals surface area contributed by atoms with Crippen molar-refractivity contribution in [1.29, 1.82) is 0 Å². The number of thioether (sulfide) groups is 1. The van der Waals surface area contributed by atoms with Gasteiger partial charge in [0.2, 0.25) is 0 Å². The molecule has 0 aliphatic heterocycles. The van der Waals surface area contributed by atoms with Crippen LogP contribution in [0.2, 0.25) is 0 Å². The third-order valence-corrected chi connectivity index (χ3v) is 3.79. The molecule has 0 fully saturated rings. The van der Waals surface area contributed by atoms with E-state index < -0.39 is 17.6 Å². The number of aliphatic carboxylic acids is 1. The highest BCUT2D eigenvalue weighted by Crippen LogP contribution is 2.26. The molecule has 0 saturated heterocycles. The summed E-state index contributed by atoms with van der Waals surface area (Å²) in [6, 6.07) is 10.9. The number of hydrogen-bond donors (Lipinski definition) is 1. The second-order valence-corrected chi connectivity index (χ2v) is 5.25. The van der Waals surface area contributed by atoms with Crippen molar-refractivity contribution in [1.82, 2.24) is 0 Å². The predicted molar refractivity (Wildman–Crippen MR) is 73.7 cm³/mol. The fraction of sp³-hybridized carbons (Fsp3) is 0.133. The smallest absolute Gasteiger partial charge is 0.307 e. The molecular formula is C15H12F2O2S. The summed E-state index contributed by atoms with van der Waals surface area (Å²) < 4.78 is 25.9. The van der Waals surface area contributed by atoms with Crippen LogP contribution in [0.4, 0.5) is 8.78 Å². The molecule has 0 aliphatic carbocycles. The summed E-state index contributed by atoms with van der Waals surface area (Å²) in [4.78, 5) is 11.4. The van der Waals surface area contributed by atoms with Crippen LogP contribution >= 0.6 is 11.8 Å². The van der Waals surface area contributed by atoms with E-state index >= 15 is 0 Å². The van der Waals surface area contributed by atoms with Crippen LogP contribution in [0.3, 0.4) is 0 Å². The number of hydrogen-bond acceptors (Lipinski definition) is 2. The Morgan fingerprint density at radius 2 is 1.75 bits per heavy atom. The fourth-order valence-electron chi connectivity index (χ4n) is 1.76. The Morgan fingerprint density at radius 1 is 1.05 bits per heavy atom. The van der Waals surface area contributed by atoms with Gasteiger partial charge in [0.15, 0.2) is 11.6 Å². The molecular weight excluding hydrogens is 282 g/mol. The van der Waals surface area contributed by atoms with E-state index in [1.165, 1.54) is 17.8 Å². The number of benzene rings is 2. The van der Waals surface area contributed by atoms with Crippen LogP contribution in [-0.4, -0.2) is 11.1 Å². The number of rotatable bonds is 5. The minimum absolute atomic E-state index is 0.0471. The number of carbonyl (C=O) groups is 1. The predicted octanol–water partition coefficient (Wildman–Crippen LogP) is 3.88. The summed E-state index contributed by atoms with van der Waals surface area (Å²) in [5, 5.41) is 8.85. The zero-order chi connectivity index (χ0) is 14.5. The molecule has 0 bridgehead atoms. The molecule has 0 radical (unpaired) electrons. The van der Waals surface area contributed by atoms with Gasteiger partial charge in [-0.1, -0.05) is 24.3 Å². The van der Waals surface area contributed by atoms with Gasteiger partial charge in [0.1, 0.15) is 0 Å². The van der Waals surface area contributed by atoms with Gasteiger partial charge >= 0.3 is 5.97 Å². The Balaban J connectivity index is 2.10. The molecule has 0 heterocycles. The molecule has 1 N–H and O–H groups in total. The molecule has 2 nitrogen and oxygen atoms in total. The van der Waals surface area contributed by atoms with Gasteiger partial charge in [-0.15, -0.1) is 11.8 Å². The zero-order valence-corrected chi connectivity index (χ0v) is 11.3. The molecule has 104 valence electrons. The average Bonchev–Trinajstić information content (AvgIpc) is 2.41. The fourth-order valence-corrected chi connectivity index (χ4v) is 2.72. The maximum Gasteiger partial charge on any atom is 0.307 e. The van der Waals surface area contributed by atoms with Crippen molar-refractivity contribution in [3.05, 3.63) is 65.2 Å². The van der Waals surface area contributed by atoms with E-state index in [2.05, 4.69) is 0 Å². The third-order valence-electron chi connectivity index (χ3n) is 2.75. The number of carboxylic acids is 1. The normalized spacial score (nSPS) is 10.5. The zero-order valence-electron chi connectivity index (χ0n) is 10.5. The maximum atomic E-state index is 13.1. The van der Waals surface area contributed by atoms with Crippen LogP contribution in [0.5, 0.6) is 0 Å². The summed E-state index contributed by atoms with van der Waals surface area (Å²) in [6.45, 7) is 0. The van der Waals surface area contributed by atoms with Crippen molar-refractivity contribution < 1.29 is 18.7 Å². The van der Waals surface area contributed by atoms with Gasteiger partial charge in [0, 0.05) is 10.6 Å². The third kappa shape index (κ3) is 3.81. The standard InChI is InChI=1S/C15H12F2O2S/c16-13-6-5-12(8-14(13)17)20-9-11-4-2-1-3-10(11)7-15(18)19/h1-6,8H,7,9H2,(H,18,19). The molecule has 2 rings (SSSR count). The molecule has 2 aromatic carbocycles. The molecule has 5 heteroatoms. The largest absolute Gasteiger partial charge is 0.481 e. The molecule has 20 heavy (non-hydrogen) atoms. The van der Waals surface area contributed by atoms with Crippen LogP contribution in [0, 0.1) is 11.6 Å². The summed E-state index contributed by atoms with van der Waals surface area (Å²) in [7, 11) is 0. The van der Waals surface area contributed by atoms with Crippen LogP contribution in [0.1, 0.15) is 11.1 Å². The molecule has 0 aliphatic rings. The summed E-state index contributed by atoms with van der Waals surface area (Å²) >= 11 is 1.34. The van der Waals surface area contributed by atoms with Gasteiger partial charge in [-0.2, -0.15) is 0 Å². The van der Waals surface area contributed by atoms with Crippen molar-refractivity contribution in [3.8, 4) is 0 Å². The first-order chi connectivity index (χ1) is 9.56. The molecule has 0 spiro atoms. The lowest BCUT2D eigenvalue weighted by molar-refractivity contribution is -0.136. The first kappa shape index (κ1) is 14.5. The van der Waals surface area contributed by atoms with Crippen LogP contribution in [0.25, 0.3) is 0 Å². The quantitative estimate of drug-likeness (QED) is 0.850. The SMILES string of the molecule is O=C(O)Cc1ccccc1CSc1ccc(F)c(F)c1.